The second kappa shape index (κ2) is 6.55. The Balaban J connectivity index is 1.74. The molecule has 0 fully saturated rings. The quantitative estimate of drug-likeness (QED) is 0.828. The van der Waals surface area contributed by atoms with Crippen molar-refractivity contribution in [2.45, 2.75) is 13.0 Å². The van der Waals surface area contributed by atoms with Gasteiger partial charge in [0.15, 0.2) is 0 Å². The van der Waals surface area contributed by atoms with Crippen molar-refractivity contribution in [1.29, 1.82) is 5.26 Å². The van der Waals surface area contributed by atoms with Crippen LogP contribution in [0.25, 0.3) is 5.57 Å². The molecule has 0 amide bonds. The summed E-state index contributed by atoms with van der Waals surface area (Å²) in [5.74, 6) is 1.49. The summed E-state index contributed by atoms with van der Waals surface area (Å²) in [4.78, 5) is 0. The first-order valence-electron chi connectivity index (χ1n) is 6.97. The van der Waals surface area contributed by atoms with Crippen LogP contribution in [0.1, 0.15) is 17.5 Å². The van der Waals surface area contributed by atoms with Gasteiger partial charge in [-0.1, -0.05) is 23.7 Å². The molecular formula is C18H14ClNO2. The van der Waals surface area contributed by atoms with Gasteiger partial charge in [-0.2, -0.15) is 5.26 Å². The molecule has 1 aliphatic heterocycles. The van der Waals surface area contributed by atoms with Crippen LogP contribution >= 0.6 is 11.6 Å². The van der Waals surface area contributed by atoms with Crippen molar-refractivity contribution in [3.8, 4) is 17.6 Å². The molecule has 0 unspecified atom stereocenters. The van der Waals surface area contributed by atoms with Gasteiger partial charge in [0, 0.05) is 16.7 Å². The largest absolute Gasteiger partial charge is 0.489 e. The van der Waals surface area contributed by atoms with Gasteiger partial charge in [-0.05, 0) is 41.5 Å². The topological polar surface area (TPSA) is 42.2 Å². The molecule has 0 N–H and O–H groups in total. The van der Waals surface area contributed by atoms with Crippen LogP contribution < -0.4 is 9.47 Å². The lowest BCUT2D eigenvalue weighted by atomic mass is 10.0. The summed E-state index contributed by atoms with van der Waals surface area (Å²) < 4.78 is 11.4. The number of halogens is 1. The zero-order valence-electron chi connectivity index (χ0n) is 11.9. The molecule has 0 atom stereocenters. The Labute approximate surface area is 134 Å². The van der Waals surface area contributed by atoms with Crippen molar-refractivity contribution in [1.82, 2.24) is 0 Å². The Morgan fingerprint density at radius 2 is 2.14 bits per heavy atom. The Bertz CT molecular complexity index is 762. The number of hydrogen-bond donors (Lipinski definition) is 0. The Kier molecular flexibility index (Phi) is 4.32. The molecule has 22 heavy (non-hydrogen) atoms. The standard InChI is InChI=1S/C18H14ClNO2/c19-15-3-1-2-13(10-15)12-22-16-4-5-17-14(6-8-20)7-9-21-18(17)11-16/h1-5,7,10-11H,6,9,12H2. The summed E-state index contributed by atoms with van der Waals surface area (Å²) in [5.41, 5.74) is 2.98. The van der Waals surface area contributed by atoms with Crippen LogP contribution in [0.15, 0.2) is 48.5 Å². The van der Waals surface area contributed by atoms with E-state index in [2.05, 4.69) is 6.07 Å². The summed E-state index contributed by atoms with van der Waals surface area (Å²) in [6.45, 7) is 0.933. The third-order valence-electron chi connectivity index (χ3n) is 3.43. The first-order chi connectivity index (χ1) is 10.8. The molecule has 0 saturated heterocycles. The summed E-state index contributed by atoms with van der Waals surface area (Å²) in [6, 6.07) is 15.4. The Hall–Kier alpha value is -2.44. The molecule has 2 aromatic rings. The Morgan fingerprint density at radius 1 is 1.23 bits per heavy atom. The molecule has 4 heteroatoms. The zero-order valence-corrected chi connectivity index (χ0v) is 12.6. The number of benzene rings is 2. The molecular weight excluding hydrogens is 298 g/mol. The smallest absolute Gasteiger partial charge is 0.130 e. The predicted molar refractivity (Wildman–Crippen MR) is 85.9 cm³/mol. The minimum atomic E-state index is 0.388. The van der Waals surface area contributed by atoms with E-state index >= 15 is 0 Å². The molecule has 0 aromatic heterocycles. The van der Waals surface area contributed by atoms with Crippen LogP contribution in [0.3, 0.4) is 0 Å². The van der Waals surface area contributed by atoms with Crippen LogP contribution in [0, 0.1) is 11.3 Å². The first-order valence-corrected chi connectivity index (χ1v) is 7.34. The third kappa shape index (κ3) is 3.24. The number of allylic oxidation sites excluding steroid dienone is 1. The molecule has 3 nitrogen and oxygen atoms in total. The van der Waals surface area contributed by atoms with Crippen LogP contribution in [-0.2, 0) is 6.61 Å². The van der Waals surface area contributed by atoms with Gasteiger partial charge in [0.05, 0.1) is 12.5 Å². The predicted octanol–water partition coefficient (Wildman–Crippen LogP) is 4.61. The van der Waals surface area contributed by atoms with Gasteiger partial charge in [-0.25, -0.2) is 0 Å². The summed E-state index contributed by atoms with van der Waals surface area (Å²) >= 11 is 5.96. The maximum Gasteiger partial charge on any atom is 0.130 e. The van der Waals surface area contributed by atoms with Gasteiger partial charge >= 0.3 is 0 Å². The lowest BCUT2D eigenvalue weighted by molar-refractivity contribution is 0.301. The number of nitrogens with zero attached hydrogens (tertiary/aromatic N) is 1. The van der Waals surface area contributed by atoms with E-state index in [1.807, 2.05) is 48.5 Å². The second-order valence-corrected chi connectivity index (χ2v) is 5.39. The highest BCUT2D eigenvalue weighted by molar-refractivity contribution is 6.30. The normalized spacial score (nSPS) is 12.6. The SMILES string of the molecule is N#CCC1=CCOc2cc(OCc3cccc(Cl)c3)ccc21. The van der Waals surface area contributed by atoms with Crippen LogP contribution in [-0.4, -0.2) is 6.61 Å². The van der Waals surface area contributed by atoms with Crippen molar-refractivity contribution in [2.24, 2.45) is 0 Å². The van der Waals surface area contributed by atoms with Crippen molar-refractivity contribution in [3.63, 3.8) is 0 Å². The summed E-state index contributed by atoms with van der Waals surface area (Å²) in [6.07, 6.45) is 2.33. The molecule has 2 aromatic carbocycles. The fourth-order valence-corrected chi connectivity index (χ4v) is 2.58. The summed E-state index contributed by atoms with van der Waals surface area (Å²) in [5, 5.41) is 9.56. The first kappa shape index (κ1) is 14.5. The van der Waals surface area contributed by atoms with E-state index in [1.165, 1.54) is 0 Å². The number of hydrogen-bond acceptors (Lipinski definition) is 3. The number of nitriles is 1. The summed E-state index contributed by atoms with van der Waals surface area (Å²) in [7, 11) is 0. The molecule has 3 rings (SSSR count). The fraction of sp³-hybridized carbons (Fsp3) is 0.167. The van der Waals surface area contributed by atoms with Gasteiger partial charge in [0.1, 0.15) is 24.7 Å². The van der Waals surface area contributed by atoms with Crippen molar-refractivity contribution < 1.29 is 9.47 Å². The van der Waals surface area contributed by atoms with Crippen LogP contribution in [0.4, 0.5) is 0 Å². The number of rotatable bonds is 4. The van der Waals surface area contributed by atoms with Crippen molar-refractivity contribution in [3.05, 3.63) is 64.7 Å². The molecule has 1 aliphatic rings. The molecule has 0 spiro atoms. The van der Waals surface area contributed by atoms with Crippen LogP contribution in [0.2, 0.25) is 5.02 Å². The minimum Gasteiger partial charge on any atom is -0.489 e. The van der Waals surface area contributed by atoms with Gasteiger partial charge < -0.3 is 9.47 Å². The third-order valence-corrected chi connectivity index (χ3v) is 3.67. The lowest BCUT2D eigenvalue weighted by Crippen LogP contribution is -2.05. The molecule has 0 saturated carbocycles. The van der Waals surface area contributed by atoms with Crippen LogP contribution in [0.5, 0.6) is 11.5 Å². The van der Waals surface area contributed by atoms with Gasteiger partial charge in [-0.15, -0.1) is 0 Å². The Morgan fingerprint density at radius 3 is 2.95 bits per heavy atom. The van der Waals surface area contributed by atoms with E-state index < -0.39 is 0 Å². The lowest BCUT2D eigenvalue weighted by Gasteiger charge is -2.18. The zero-order chi connectivity index (χ0) is 15.4. The monoisotopic (exact) mass is 311 g/mol. The number of ether oxygens (including phenoxy) is 2. The van der Waals surface area contributed by atoms with E-state index in [-0.39, 0.29) is 0 Å². The molecule has 0 radical (unpaired) electrons. The van der Waals surface area contributed by atoms with Gasteiger partial charge in [-0.3, -0.25) is 0 Å². The average Bonchev–Trinajstić information content (AvgIpc) is 2.53. The van der Waals surface area contributed by atoms with E-state index in [4.69, 9.17) is 26.3 Å². The average molecular weight is 312 g/mol. The molecule has 1 heterocycles. The van der Waals surface area contributed by atoms with Crippen molar-refractivity contribution >= 4 is 17.2 Å². The maximum atomic E-state index is 8.86. The highest BCUT2D eigenvalue weighted by Crippen LogP contribution is 2.34. The van der Waals surface area contributed by atoms with Crippen molar-refractivity contribution in [2.75, 3.05) is 6.61 Å². The van der Waals surface area contributed by atoms with E-state index in [9.17, 15) is 0 Å². The maximum absolute atomic E-state index is 8.86. The molecule has 110 valence electrons. The van der Waals surface area contributed by atoms with E-state index in [0.717, 1.165) is 28.2 Å². The highest BCUT2D eigenvalue weighted by atomic mass is 35.5. The highest BCUT2D eigenvalue weighted by Gasteiger charge is 2.14. The van der Waals surface area contributed by atoms with E-state index in [0.29, 0.717) is 24.7 Å². The minimum absolute atomic E-state index is 0.388. The molecule has 0 bridgehead atoms. The van der Waals surface area contributed by atoms with E-state index in [1.54, 1.807) is 0 Å². The molecule has 0 aliphatic carbocycles. The van der Waals surface area contributed by atoms with Gasteiger partial charge in [0.2, 0.25) is 0 Å². The number of fused-ring (bicyclic) bond motifs is 1. The van der Waals surface area contributed by atoms with Gasteiger partial charge in [0.25, 0.3) is 0 Å². The fourth-order valence-electron chi connectivity index (χ4n) is 2.37. The second-order valence-electron chi connectivity index (χ2n) is 4.95.